The molecule has 3 heterocycles. The van der Waals surface area contributed by atoms with Gasteiger partial charge in [0.05, 0.1) is 5.69 Å². The van der Waals surface area contributed by atoms with E-state index in [1.807, 2.05) is 0 Å². The van der Waals surface area contributed by atoms with Crippen LogP contribution in [0.3, 0.4) is 0 Å². The highest BCUT2D eigenvalue weighted by Crippen LogP contribution is 2.37. The first kappa shape index (κ1) is 12.8. The Morgan fingerprint density at radius 2 is 2.30 bits per heavy atom. The summed E-state index contributed by atoms with van der Waals surface area (Å²) in [6.45, 7) is 5.59. The van der Waals surface area contributed by atoms with E-state index >= 15 is 0 Å². The molecule has 5 heteroatoms. The molecule has 1 aliphatic carbocycles. The highest BCUT2D eigenvalue weighted by Gasteiger charge is 2.42. The monoisotopic (exact) mass is 290 g/mol. The number of hydrogen-bond acceptors (Lipinski definition) is 4. The van der Waals surface area contributed by atoms with E-state index in [0.717, 1.165) is 24.6 Å². The predicted molar refractivity (Wildman–Crippen MR) is 82.1 cm³/mol. The third-order valence-corrected chi connectivity index (χ3v) is 5.75. The van der Waals surface area contributed by atoms with Crippen LogP contribution in [0.1, 0.15) is 38.3 Å². The molecule has 0 amide bonds. The van der Waals surface area contributed by atoms with Crippen LogP contribution in [-0.4, -0.2) is 39.0 Å². The van der Waals surface area contributed by atoms with E-state index in [0.29, 0.717) is 11.6 Å². The quantitative estimate of drug-likeness (QED) is 0.922. The average molecular weight is 290 g/mol. The Labute approximate surface area is 123 Å². The number of imidazole rings is 1. The molecule has 4 rings (SSSR count). The SMILES string of the molecule is CC1CN(Cc2cn3ccsc3n2)C2(CCCC2)CN1. The highest BCUT2D eigenvalue weighted by molar-refractivity contribution is 7.15. The molecule has 0 radical (unpaired) electrons. The summed E-state index contributed by atoms with van der Waals surface area (Å²) >= 11 is 1.72. The lowest BCUT2D eigenvalue weighted by Crippen LogP contribution is -2.62. The lowest BCUT2D eigenvalue weighted by atomic mass is 9.91. The number of aromatic nitrogens is 2. The third kappa shape index (κ3) is 2.08. The predicted octanol–water partition coefficient (Wildman–Crippen LogP) is 2.50. The molecule has 1 saturated carbocycles. The maximum Gasteiger partial charge on any atom is 0.193 e. The van der Waals surface area contributed by atoms with Gasteiger partial charge in [0, 0.05) is 49.0 Å². The van der Waals surface area contributed by atoms with Gasteiger partial charge in [0.2, 0.25) is 0 Å². The minimum Gasteiger partial charge on any atom is -0.311 e. The zero-order chi connectivity index (χ0) is 13.6. The lowest BCUT2D eigenvalue weighted by Gasteiger charge is -2.47. The molecule has 2 aliphatic rings. The smallest absolute Gasteiger partial charge is 0.193 e. The van der Waals surface area contributed by atoms with Crippen LogP contribution in [0.5, 0.6) is 0 Å². The first-order valence-corrected chi connectivity index (χ1v) is 8.53. The average Bonchev–Trinajstić information content (AvgIpc) is 3.10. The van der Waals surface area contributed by atoms with Gasteiger partial charge in [-0.25, -0.2) is 4.98 Å². The Balaban J connectivity index is 1.59. The number of nitrogens with zero attached hydrogens (tertiary/aromatic N) is 3. The Morgan fingerprint density at radius 3 is 3.10 bits per heavy atom. The molecule has 1 atom stereocenters. The van der Waals surface area contributed by atoms with E-state index in [9.17, 15) is 0 Å². The summed E-state index contributed by atoms with van der Waals surface area (Å²) in [6.07, 6.45) is 9.74. The standard InChI is InChI=1S/C15H22N4S/c1-12-8-19(15(11-16-12)4-2-3-5-15)10-13-9-18-6-7-20-14(18)17-13/h6-7,9,12,16H,2-5,8,10-11H2,1H3. The number of fused-ring (bicyclic) bond motifs is 1. The maximum atomic E-state index is 4.77. The number of thiazole rings is 1. The number of piperazine rings is 1. The third-order valence-electron chi connectivity index (χ3n) is 4.97. The minimum absolute atomic E-state index is 0.392. The molecule has 1 N–H and O–H groups in total. The van der Waals surface area contributed by atoms with Crippen molar-refractivity contribution < 1.29 is 0 Å². The molecule has 1 saturated heterocycles. The molecule has 1 unspecified atom stereocenters. The van der Waals surface area contributed by atoms with Crippen LogP contribution < -0.4 is 5.32 Å². The summed E-state index contributed by atoms with van der Waals surface area (Å²) in [6, 6.07) is 0.588. The molecule has 2 aromatic rings. The molecule has 1 aliphatic heterocycles. The fourth-order valence-electron chi connectivity index (χ4n) is 3.87. The summed E-state index contributed by atoms with van der Waals surface area (Å²) < 4.78 is 2.15. The van der Waals surface area contributed by atoms with Gasteiger partial charge in [-0.1, -0.05) is 12.8 Å². The van der Waals surface area contributed by atoms with Gasteiger partial charge >= 0.3 is 0 Å². The zero-order valence-electron chi connectivity index (χ0n) is 12.0. The van der Waals surface area contributed by atoms with Crippen molar-refractivity contribution in [3.63, 3.8) is 0 Å². The first-order chi connectivity index (χ1) is 9.75. The van der Waals surface area contributed by atoms with Crippen LogP contribution in [0.15, 0.2) is 17.8 Å². The van der Waals surface area contributed by atoms with Crippen molar-refractivity contribution in [1.29, 1.82) is 0 Å². The van der Waals surface area contributed by atoms with E-state index in [1.165, 1.54) is 31.4 Å². The van der Waals surface area contributed by atoms with E-state index in [4.69, 9.17) is 4.98 Å². The Kier molecular flexibility index (Phi) is 3.09. The molecular weight excluding hydrogens is 268 g/mol. The van der Waals surface area contributed by atoms with Crippen molar-refractivity contribution in [3.8, 4) is 0 Å². The van der Waals surface area contributed by atoms with Crippen molar-refractivity contribution in [2.45, 2.75) is 50.7 Å². The largest absolute Gasteiger partial charge is 0.311 e. The van der Waals surface area contributed by atoms with Crippen LogP contribution in [0.25, 0.3) is 4.96 Å². The second-order valence-corrected chi connectivity index (χ2v) is 7.29. The van der Waals surface area contributed by atoms with E-state index in [1.54, 1.807) is 11.3 Å². The summed E-state index contributed by atoms with van der Waals surface area (Å²) in [5.74, 6) is 0. The normalized spacial score (nSPS) is 26.8. The van der Waals surface area contributed by atoms with Crippen molar-refractivity contribution in [2.24, 2.45) is 0 Å². The van der Waals surface area contributed by atoms with Gasteiger partial charge in [0.25, 0.3) is 0 Å². The molecule has 0 bridgehead atoms. The fourth-order valence-corrected chi connectivity index (χ4v) is 4.59. The molecule has 0 aromatic carbocycles. The zero-order valence-corrected chi connectivity index (χ0v) is 12.8. The van der Waals surface area contributed by atoms with Crippen LogP contribution in [0, 0.1) is 0 Å². The van der Waals surface area contributed by atoms with Crippen molar-refractivity contribution >= 4 is 16.3 Å². The lowest BCUT2D eigenvalue weighted by molar-refractivity contribution is 0.0383. The number of hydrogen-bond donors (Lipinski definition) is 1. The van der Waals surface area contributed by atoms with Crippen LogP contribution in [0.2, 0.25) is 0 Å². The van der Waals surface area contributed by atoms with Gasteiger partial charge in [-0.05, 0) is 19.8 Å². The van der Waals surface area contributed by atoms with Gasteiger partial charge in [-0.15, -0.1) is 11.3 Å². The molecule has 108 valence electrons. The highest BCUT2D eigenvalue weighted by atomic mass is 32.1. The van der Waals surface area contributed by atoms with Crippen LogP contribution >= 0.6 is 11.3 Å². The van der Waals surface area contributed by atoms with Crippen molar-refractivity contribution in [3.05, 3.63) is 23.5 Å². The minimum atomic E-state index is 0.392. The van der Waals surface area contributed by atoms with Crippen molar-refractivity contribution in [1.82, 2.24) is 19.6 Å². The summed E-state index contributed by atoms with van der Waals surface area (Å²) in [5, 5.41) is 5.78. The molecule has 2 aromatic heterocycles. The van der Waals surface area contributed by atoms with Gasteiger partial charge in [-0.3, -0.25) is 9.30 Å². The number of rotatable bonds is 2. The van der Waals surface area contributed by atoms with Crippen LogP contribution in [-0.2, 0) is 6.54 Å². The molecule has 2 fully saturated rings. The maximum absolute atomic E-state index is 4.77. The second kappa shape index (κ2) is 4.83. The van der Waals surface area contributed by atoms with Gasteiger partial charge < -0.3 is 5.32 Å². The van der Waals surface area contributed by atoms with E-state index in [-0.39, 0.29) is 0 Å². The summed E-state index contributed by atoms with van der Waals surface area (Å²) in [4.78, 5) is 8.58. The topological polar surface area (TPSA) is 32.6 Å². The Bertz CT molecular complexity index is 567. The Morgan fingerprint density at radius 1 is 1.45 bits per heavy atom. The fraction of sp³-hybridized carbons (Fsp3) is 0.667. The van der Waals surface area contributed by atoms with Gasteiger partial charge in [0.15, 0.2) is 4.96 Å². The second-order valence-electron chi connectivity index (χ2n) is 6.42. The molecule has 4 nitrogen and oxygen atoms in total. The van der Waals surface area contributed by atoms with E-state index < -0.39 is 0 Å². The van der Waals surface area contributed by atoms with Crippen molar-refractivity contribution in [2.75, 3.05) is 13.1 Å². The number of nitrogens with one attached hydrogen (secondary N) is 1. The molecule has 20 heavy (non-hydrogen) atoms. The first-order valence-electron chi connectivity index (χ1n) is 7.65. The summed E-state index contributed by atoms with van der Waals surface area (Å²) in [5.41, 5.74) is 1.61. The summed E-state index contributed by atoms with van der Waals surface area (Å²) in [7, 11) is 0. The molecular formula is C15H22N4S. The van der Waals surface area contributed by atoms with E-state index in [2.05, 4.69) is 39.3 Å². The molecule has 1 spiro atoms. The Hall–Kier alpha value is -0.910. The van der Waals surface area contributed by atoms with Gasteiger partial charge in [0.1, 0.15) is 0 Å². The van der Waals surface area contributed by atoms with Gasteiger partial charge in [-0.2, -0.15) is 0 Å². The van der Waals surface area contributed by atoms with Crippen LogP contribution in [0.4, 0.5) is 0 Å².